The summed E-state index contributed by atoms with van der Waals surface area (Å²) in [7, 11) is 0. The molecule has 146 valence electrons. The van der Waals surface area contributed by atoms with E-state index in [2.05, 4.69) is 0 Å². The van der Waals surface area contributed by atoms with Crippen LogP contribution < -0.4 is 5.56 Å². The van der Waals surface area contributed by atoms with E-state index in [1.807, 2.05) is 37.3 Å². The lowest BCUT2D eigenvalue weighted by molar-refractivity contribution is 0.128. The van der Waals surface area contributed by atoms with Gasteiger partial charge in [-0.2, -0.15) is 4.68 Å². The van der Waals surface area contributed by atoms with Gasteiger partial charge in [0.1, 0.15) is 0 Å². The molecule has 27 heavy (non-hydrogen) atoms. The van der Waals surface area contributed by atoms with Crippen molar-refractivity contribution in [2.24, 2.45) is 0 Å². The lowest BCUT2D eigenvalue weighted by Crippen LogP contribution is -2.35. The third-order valence-electron chi connectivity index (χ3n) is 4.13. The molecule has 2 rings (SSSR count). The predicted octanol–water partition coefficient (Wildman–Crippen LogP) is 3.59. The molecule has 0 spiro atoms. The average molecular weight is 374 g/mol. The normalized spacial score (nSPS) is 10.6. The Bertz CT molecular complexity index is 836. The number of unbranched alkanes of at least 4 members (excludes halogenated alkanes) is 1. The Morgan fingerprint density at radius 2 is 1.52 bits per heavy atom. The molecule has 0 aliphatic heterocycles. The fourth-order valence-corrected chi connectivity index (χ4v) is 2.89. The maximum absolute atomic E-state index is 13.0. The second-order valence-electron chi connectivity index (χ2n) is 6.02. The molecular formula is C20H26N2O5. The summed E-state index contributed by atoms with van der Waals surface area (Å²) in [6.45, 7) is 5.55. The third-order valence-corrected chi connectivity index (χ3v) is 4.13. The maximum atomic E-state index is 13.0. The molecule has 1 heterocycles. The van der Waals surface area contributed by atoms with E-state index in [0.29, 0.717) is 24.1 Å². The quantitative estimate of drug-likeness (QED) is 0.740. The van der Waals surface area contributed by atoms with Crippen LogP contribution in [0.25, 0.3) is 0 Å². The summed E-state index contributed by atoms with van der Waals surface area (Å²) in [4.78, 5) is 38.0. The number of carbonyl (C=O) groups excluding carboxylic acids is 2. The minimum atomic E-state index is -0.882. The average Bonchev–Trinajstić information content (AvgIpc) is 2.93. The number of rotatable bonds is 7. The van der Waals surface area contributed by atoms with Crippen LogP contribution >= 0.6 is 0 Å². The highest BCUT2D eigenvalue weighted by Gasteiger charge is 2.28. The van der Waals surface area contributed by atoms with Crippen LogP contribution in [-0.4, -0.2) is 34.8 Å². The Morgan fingerprint density at radius 3 is 2.07 bits per heavy atom. The van der Waals surface area contributed by atoms with Crippen molar-refractivity contribution < 1.29 is 19.1 Å². The first-order valence-electron chi connectivity index (χ1n) is 9.29. The Hall–Kier alpha value is -2.83. The molecule has 0 radical (unpaired) electrons. The van der Waals surface area contributed by atoms with Gasteiger partial charge in [0.25, 0.3) is 5.56 Å². The van der Waals surface area contributed by atoms with Crippen LogP contribution in [0.15, 0.2) is 35.1 Å². The molecule has 7 nitrogen and oxygen atoms in total. The molecular weight excluding hydrogens is 348 g/mol. The van der Waals surface area contributed by atoms with Crippen LogP contribution in [0.2, 0.25) is 0 Å². The van der Waals surface area contributed by atoms with Gasteiger partial charge in [-0.05, 0) is 32.3 Å². The molecule has 0 saturated heterocycles. The standard InChI is InChI=1S/C20H26N2O5/c1-4-7-13-16-17(14-15-11-9-8-10-12-15)21(19(24)26-5-2)22(18(16)23)20(25)27-6-3/h8-12H,4-7,13-14H2,1-3H3. The van der Waals surface area contributed by atoms with Crippen LogP contribution in [0, 0.1) is 0 Å². The molecule has 0 amide bonds. The second kappa shape index (κ2) is 9.75. The van der Waals surface area contributed by atoms with E-state index < -0.39 is 17.7 Å². The molecule has 1 aromatic carbocycles. The van der Waals surface area contributed by atoms with Crippen molar-refractivity contribution in [3.8, 4) is 0 Å². The van der Waals surface area contributed by atoms with Gasteiger partial charge in [0.2, 0.25) is 0 Å². The highest BCUT2D eigenvalue weighted by atomic mass is 16.6. The van der Waals surface area contributed by atoms with Gasteiger partial charge in [0, 0.05) is 12.0 Å². The van der Waals surface area contributed by atoms with E-state index in [-0.39, 0.29) is 13.2 Å². The van der Waals surface area contributed by atoms with Gasteiger partial charge in [0.15, 0.2) is 0 Å². The highest BCUT2D eigenvalue weighted by Crippen LogP contribution is 2.16. The second-order valence-corrected chi connectivity index (χ2v) is 6.02. The summed E-state index contributed by atoms with van der Waals surface area (Å²) in [5, 5.41) is 0. The maximum Gasteiger partial charge on any atom is 0.436 e. The number of ether oxygens (including phenoxy) is 2. The van der Waals surface area contributed by atoms with Crippen LogP contribution in [-0.2, 0) is 22.3 Å². The third kappa shape index (κ3) is 4.67. The van der Waals surface area contributed by atoms with E-state index in [1.54, 1.807) is 13.8 Å². The smallest absolute Gasteiger partial charge is 0.436 e. The van der Waals surface area contributed by atoms with Gasteiger partial charge in [-0.15, -0.1) is 4.68 Å². The number of hydrogen-bond acceptors (Lipinski definition) is 5. The summed E-state index contributed by atoms with van der Waals surface area (Å²) in [5.41, 5.74) is 1.31. The number of benzene rings is 1. The molecule has 0 N–H and O–H groups in total. The Balaban J connectivity index is 2.67. The zero-order valence-electron chi connectivity index (χ0n) is 16.1. The Kier molecular flexibility index (Phi) is 7.40. The van der Waals surface area contributed by atoms with Gasteiger partial charge >= 0.3 is 12.2 Å². The zero-order valence-corrected chi connectivity index (χ0v) is 16.1. The van der Waals surface area contributed by atoms with Crippen molar-refractivity contribution in [2.45, 2.75) is 46.5 Å². The van der Waals surface area contributed by atoms with Crippen LogP contribution in [0.1, 0.15) is 50.4 Å². The fourth-order valence-electron chi connectivity index (χ4n) is 2.89. The summed E-state index contributed by atoms with van der Waals surface area (Å²) >= 11 is 0. The van der Waals surface area contributed by atoms with Crippen molar-refractivity contribution in [2.75, 3.05) is 13.2 Å². The number of aromatic nitrogens is 2. The van der Waals surface area contributed by atoms with Gasteiger partial charge in [-0.3, -0.25) is 4.79 Å². The van der Waals surface area contributed by atoms with Crippen LogP contribution in [0.3, 0.4) is 0 Å². The van der Waals surface area contributed by atoms with Crippen LogP contribution in [0.5, 0.6) is 0 Å². The van der Waals surface area contributed by atoms with E-state index in [9.17, 15) is 14.4 Å². The lowest BCUT2D eigenvalue weighted by atomic mass is 10.0. The zero-order chi connectivity index (χ0) is 19.8. The molecule has 0 atom stereocenters. The molecule has 0 unspecified atom stereocenters. The fraction of sp³-hybridized carbons (Fsp3) is 0.450. The largest absolute Gasteiger partial charge is 0.448 e. The van der Waals surface area contributed by atoms with Gasteiger partial charge < -0.3 is 9.47 Å². The number of hydrogen-bond donors (Lipinski definition) is 0. The van der Waals surface area contributed by atoms with E-state index in [4.69, 9.17) is 9.47 Å². The Labute approximate surface area is 158 Å². The SMILES string of the molecule is CCCCc1c(Cc2ccccc2)n(C(=O)OCC)n(C(=O)OCC)c1=O. The van der Waals surface area contributed by atoms with Crippen molar-refractivity contribution >= 4 is 12.2 Å². The van der Waals surface area contributed by atoms with Crippen molar-refractivity contribution in [1.29, 1.82) is 0 Å². The van der Waals surface area contributed by atoms with Gasteiger partial charge in [-0.25, -0.2) is 9.59 Å². The van der Waals surface area contributed by atoms with E-state index in [0.717, 1.165) is 27.8 Å². The topological polar surface area (TPSA) is 79.5 Å². The van der Waals surface area contributed by atoms with Gasteiger partial charge in [0.05, 0.1) is 18.9 Å². The Morgan fingerprint density at radius 1 is 0.926 bits per heavy atom. The molecule has 0 aliphatic carbocycles. The van der Waals surface area contributed by atoms with Crippen molar-refractivity contribution in [3.05, 3.63) is 57.5 Å². The van der Waals surface area contributed by atoms with Crippen LogP contribution in [0.4, 0.5) is 9.59 Å². The molecule has 2 aromatic rings. The molecule has 7 heteroatoms. The molecule has 0 bridgehead atoms. The van der Waals surface area contributed by atoms with Crippen molar-refractivity contribution in [1.82, 2.24) is 9.36 Å². The van der Waals surface area contributed by atoms with Gasteiger partial charge in [-0.1, -0.05) is 43.7 Å². The molecule has 1 aromatic heterocycles. The lowest BCUT2D eigenvalue weighted by Gasteiger charge is -2.12. The first-order chi connectivity index (χ1) is 13.0. The van der Waals surface area contributed by atoms with Crippen molar-refractivity contribution in [3.63, 3.8) is 0 Å². The predicted molar refractivity (Wildman–Crippen MR) is 101 cm³/mol. The summed E-state index contributed by atoms with van der Waals surface area (Å²) < 4.78 is 11.9. The summed E-state index contributed by atoms with van der Waals surface area (Å²) in [5.74, 6) is 0. The monoisotopic (exact) mass is 374 g/mol. The van der Waals surface area contributed by atoms with E-state index >= 15 is 0 Å². The number of carbonyl (C=O) groups is 2. The first-order valence-corrected chi connectivity index (χ1v) is 9.29. The minimum absolute atomic E-state index is 0.0948. The molecule has 0 fully saturated rings. The summed E-state index contributed by atoms with van der Waals surface area (Å²) in [6, 6.07) is 9.48. The number of nitrogens with zero attached hydrogens (tertiary/aromatic N) is 2. The molecule has 0 saturated carbocycles. The first kappa shape index (κ1) is 20.5. The summed E-state index contributed by atoms with van der Waals surface area (Å²) in [6.07, 6.45) is 0.814. The highest BCUT2D eigenvalue weighted by molar-refractivity contribution is 5.78. The minimum Gasteiger partial charge on any atom is -0.448 e. The van der Waals surface area contributed by atoms with E-state index in [1.165, 1.54) is 0 Å². The molecule has 0 aliphatic rings.